The van der Waals surface area contributed by atoms with Gasteiger partial charge in [-0.05, 0) is 67.9 Å². The highest BCUT2D eigenvalue weighted by molar-refractivity contribution is 5.99. The number of rotatable bonds is 2. The van der Waals surface area contributed by atoms with Crippen molar-refractivity contribution in [2.75, 3.05) is 26.8 Å². The molecule has 0 spiro atoms. The summed E-state index contributed by atoms with van der Waals surface area (Å²) in [5.74, 6) is -0.795. The van der Waals surface area contributed by atoms with Crippen LogP contribution in [0.15, 0.2) is 60.7 Å². The summed E-state index contributed by atoms with van der Waals surface area (Å²) >= 11 is 0. The zero-order valence-electron chi connectivity index (χ0n) is 25.2. The summed E-state index contributed by atoms with van der Waals surface area (Å²) in [6, 6.07) is 16.0. The molecule has 2 atom stereocenters. The second kappa shape index (κ2) is 12.4. The Morgan fingerprint density at radius 1 is 1.07 bits per heavy atom. The maximum absolute atomic E-state index is 14.6. The molecule has 10 nitrogen and oxygen atoms in total. The number of carbonyl (C=O) groups excluding carboxylic acids is 3. The number of fused-ring (bicyclic) bond motifs is 6. The number of hydrogen-bond donors (Lipinski definition) is 2. The van der Waals surface area contributed by atoms with Crippen LogP contribution in [0.25, 0.3) is 10.9 Å². The van der Waals surface area contributed by atoms with E-state index in [4.69, 9.17) is 14.2 Å². The molecule has 3 amide bonds. The molecular formula is C34H33FN4O6. The number of piperidine rings is 1. The molecule has 3 heterocycles. The molecule has 4 aromatic rings. The number of methoxy groups -OCH3 is 1. The average Bonchev–Trinajstić information content (AvgIpc) is 3.02. The zero-order valence-corrected chi connectivity index (χ0v) is 25.2. The second-order valence-corrected chi connectivity index (χ2v) is 11.3. The number of ether oxygens (including phenoxy) is 3. The van der Waals surface area contributed by atoms with E-state index in [0.717, 1.165) is 16.5 Å². The molecule has 1 aromatic heterocycles. The summed E-state index contributed by atoms with van der Waals surface area (Å²) in [4.78, 5) is 46.3. The Morgan fingerprint density at radius 3 is 2.73 bits per heavy atom. The van der Waals surface area contributed by atoms with Crippen LogP contribution in [0, 0.1) is 19.7 Å². The number of hydrogen-bond acceptors (Lipinski definition) is 7. The number of pyridine rings is 1. The van der Waals surface area contributed by atoms with Crippen molar-refractivity contribution in [1.29, 1.82) is 0 Å². The smallest absolute Gasteiger partial charge is 0.258 e. The van der Waals surface area contributed by atoms with Gasteiger partial charge in [-0.1, -0.05) is 11.6 Å². The molecule has 2 N–H and O–H groups in total. The van der Waals surface area contributed by atoms with Gasteiger partial charge in [-0.15, -0.1) is 0 Å². The average molecular weight is 613 g/mol. The Bertz CT molecular complexity index is 1810. The number of nitrogens with one attached hydrogen (secondary N) is 2. The predicted octanol–water partition coefficient (Wildman–Crippen LogP) is 4.10. The molecule has 1 saturated heterocycles. The second-order valence-electron chi connectivity index (χ2n) is 11.3. The maximum Gasteiger partial charge on any atom is 0.258 e. The molecule has 11 heteroatoms. The van der Waals surface area contributed by atoms with Crippen LogP contribution in [0.5, 0.6) is 17.2 Å². The van der Waals surface area contributed by atoms with Crippen molar-refractivity contribution in [3.63, 3.8) is 0 Å². The summed E-state index contributed by atoms with van der Waals surface area (Å²) in [6.45, 7) is 4.01. The lowest BCUT2D eigenvalue weighted by atomic mass is 9.99. The molecular weight excluding hydrogens is 579 g/mol. The molecule has 0 unspecified atom stereocenters. The number of benzene rings is 3. The summed E-state index contributed by atoms with van der Waals surface area (Å²) in [5.41, 5.74) is 3.73. The van der Waals surface area contributed by atoms with Crippen LogP contribution < -0.4 is 24.8 Å². The van der Waals surface area contributed by atoms with Crippen LogP contribution in [-0.2, 0) is 11.3 Å². The Balaban J connectivity index is 1.33. The highest BCUT2D eigenvalue weighted by Gasteiger charge is 2.35. The summed E-state index contributed by atoms with van der Waals surface area (Å²) < 4.78 is 31.9. The van der Waals surface area contributed by atoms with Gasteiger partial charge in [-0.2, -0.15) is 0 Å². The fourth-order valence-electron chi connectivity index (χ4n) is 5.72. The summed E-state index contributed by atoms with van der Waals surface area (Å²) in [7, 11) is 1.46. The Morgan fingerprint density at radius 2 is 1.91 bits per heavy atom. The molecule has 2 aliphatic rings. The number of aryl methyl sites for hydroxylation is 2. The van der Waals surface area contributed by atoms with E-state index in [2.05, 4.69) is 15.6 Å². The van der Waals surface area contributed by atoms with Crippen molar-refractivity contribution in [2.24, 2.45) is 0 Å². The van der Waals surface area contributed by atoms with E-state index in [0.29, 0.717) is 35.5 Å². The van der Waals surface area contributed by atoms with Crippen LogP contribution in [0.2, 0.25) is 0 Å². The molecule has 0 saturated carbocycles. The van der Waals surface area contributed by atoms with E-state index in [1.165, 1.54) is 25.3 Å². The van der Waals surface area contributed by atoms with E-state index in [9.17, 15) is 18.8 Å². The van der Waals surface area contributed by atoms with Crippen LogP contribution in [0.3, 0.4) is 0 Å². The van der Waals surface area contributed by atoms with E-state index in [1.54, 1.807) is 23.1 Å². The van der Waals surface area contributed by atoms with E-state index < -0.39 is 29.8 Å². The molecule has 232 valence electrons. The van der Waals surface area contributed by atoms with E-state index >= 15 is 0 Å². The van der Waals surface area contributed by atoms with Crippen molar-refractivity contribution >= 4 is 28.6 Å². The molecule has 0 aliphatic carbocycles. The topological polar surface area (TPSA) is 119 Å². The van der Waals surface area contributed by atoms with Crippen molar-refractivity contribution < 1.29 is 33.0 Å². The molecule has 6 rings (SSSR count). The summed E-state index contributed by atoms with van der Waals surface area (Å²) in [6.07, 6.45) is -0.210. The molecule has 4 bridgehead atoms. The lowest BCUT2D eigenvalue weighted by molar-refractivity contribution is -0.123. The number of carbonyl (C=O) groups is 3. The first-order valence-electron chi connectivity index (χ1n) is 14.7. The monoisotopic (exact) mass is 612 g/mol. The minimum Gasteiger partial charge on any atom is -0.493 e. The fourth-order valence-corrected chi connectivity index (χ4v) is 5.72. The molecule has 45 heavy (non-hydrogen) atoms. The van der Waals surface area contributed by atoms with Gasteiger partial charge in [0.25, 0.3) is 17.7 Å². The van der Waals surface area contributed by atoms with E-state index in [-0.39, 0.29) is 42.7 Å². The number of likely N-dealkylation sites (tertiary alicyclic amines) is 1. The Hall–Kier alpha value is -5.19. The van der Waals surface area contributed by atoms with Gasteiger partial charge in [0.15, 0.2) is 18.1 Å². The predicted molar refractivity (Wildman–Crippen MR) is 164 cm³/mol. The van der Waals surface area contributed by atoms with Gasteiger partial charge in [0, 0.05) is 43.1 Å². The minimum absolute atomic E-state index is 0.0548. The highest BCUT2D eigenvalue weighted by Crippen LogP contribution is 2.29. The van der Waals surface area contributed by atoms with Crippen LogP contribution in [0.1, 0.15) is 44.0 Å². The Kier molecular flexibility index (Phi) is 8.25. The Labute approximate surface area is 259 Å². The first kappa shape index (κ1) is 29.9. The number of nitrogens with zero attached hydrogens (tertiary/aromatic N) is 2. The van der Waals surface area contributed by atoms with Crippen molar-refractivity contribution in [3.05, 3.63) is 94.4 Å². The van der Waals surface area contributed by atoms with E-state index in [1.807, 2.05) is 38.1 Å². The van der Waals surface area contributed by atoms with Gasteiger partial charge in [-0.25, -0.2) is 4.39 Å². The lowest BCUT2D eigenvalue weighted by Crippen LogP contribution is -2.58. The van der Waals surface area contributed by atoms with Crippen LogP contribution in [0.4, 0.5) is 4.39 Å². The summed E-state index contributed by atoms with van der Waals surface area (Å²) in [5, 5.41) is 6.60. The molecule has 3 aromatic carbocycles. The third kappa shape index (κ3) is 6.52. The number of aromatic nitrogens is 1. The maximum atomic E-state index is 14.6. The first-order valence-corrected chi connectivity index (χ1v) is 14.7. The van der Waals surface area contributed by atoms with Gasteiger partial charge in [0.1, 0.15) is 17.7 Å². The third-order valence-electron chi connectivity index (χ3n) is 8.04. The van der Waals surface area contributed by atoms with Gasteiger partial charge in [-0.3, -0.25) is 19.4 Å². The number of halogens is 1. The normalized spacial score (nSPS) is 18.6. The standard InChI is InChI=1S/C34H33FN4O6/c1-19-4-6-27-23(10-19)13-26(20(2)37-27)34(42)39-9-8-29-28(17-39)38-33(41)22-5-7-30(43-3)31(14-22)44-18-32(40)36-16-21-11-24(35)15-25(12-21)45-29/h4-7,10-15,28-29H,8-9,16-18H2,1-3H3,(H,36,40)(H,38,41)/t28-,29+/m0/s1. The van der Waals surface area contributed by atoms with Gasteiger partial charge in [0.05, 0.1) is 29.9 Å². The molecule has 0 radical (unpaired) electrons. The van der Waals surface area contributed by atoms with Gasteiger partial charge < -0.3 is 29.7 Å². The van der Waals surface area contributed by atoms with Gasteiger partial charge in [0.2, 0.25) is 0 Å². The zero-order chi connectivity index (χ0) is 31.7. The van der Waals surface area contributed by atoms with Crippen molar-refractivity contribution in [2.45, 2.75) is 39.0 Å². The highest BCUT2D eigenvalue weighted by atomic mass is 19.1. The molecule has 2 aliphatic heterocycles. The lowest BCUT2D eigenvalue weighted by Gasteiger charge is -2.39. The van der Waals surface area contributed by atoms with Crippen LogP contribution in [-0.4, -0.2) is 66.6 Å². The van der Waals surface area contributed by atoms with Crippen LogP contribution >= 0.6 is 0 Å². The molecule has 1 fully saturated rings. The fraction of sp³-hybridized carbons (Fsp3) is 0.294. The number of amides is 3. The third-order valence-corrected chi connectivity index (χ3v) is 8.04. The SMILES string of the molecule is COc1ccc2cc1OCC(=O)NCc1cc(F)cc(c1)O[C@@H]1CCN(C(=O)c3cc4cc(C)ccc4nc3C)C[C@@H]1NC2=O. The van der Waals surface area contributed by atoms with Gasteiger partial charge >= 0.3 is 0 Å². The minimum atomic E-state index is -0.642. The first-order chi connectivity index (χ1) is 21.7. The van der Waals surface area contributed by atoms with Crippen molar-refractivity contribution in [1.82, 2.24) is 20.5 Å². The largest absolute Gasteiger partial charge is 0.493 e. The quantitative estimate of drug-likeness (QED) is 0.350. The van der Waals surface area contributed by atoms with Crippen molar-refractivity contribution in [3.8, 4) is 17.2 Å².